The van der Waals surface area contributed by atoms with Gasteiger partial charge in [-0.05, 0) is 48.9 Å². The minimum Gasteiger partial charge on any atom is -0.348 e. The molecule has 3 aromatic rings. The lowest BCUT2D eigenvalue weighted by molar-refractivity contribution is -0.117. The number of carbonyl (C=O) groups excluding carboxylic acids is 1. The van der Waals surface area contributed by atoms with Crippen molar-refractivity contribution in [2.45, 2.75) is 19.5 Å². The number of halogens is 2. The summed E-state index contributed by atoms with van der Waals surface area (Å²) >= 11 is 12.4. The molecule has 6 heteroatoms. The van der Waals surface area contributed by atoms with Gasteiger partial charge in [-0.2, -0.15) is 0 Å². The molecule has 1 aromatic heterocycles. The fourth-order valence-corrected chi connectivity index (χ4v) is 3.99. The van der Waals surface area contributed by atoms with E-state index in [-0.39, 0.29) is 11.9 Å². The summed E-state index contributed by atoms with van der Waals surface area (Å²) in [6.45, 7) is 3.94. The molecule has 0 aliphatic carbocycles. The molecule has 28 heavy (non-hydrogen) atoms. The summed E-state index contributed by atoms with van der Waals surface area (Å²) in [5, 5.41) is 4.04. The van der Waals surface area contributed by atoms with Gasteiger partial charge in [-0.15, -0.1) is 0 Å². The molecule has 1 atom stereocenters. The third-order valence-electron chi connectivity index (χ3n) is 5.08. The van der Waals surface area contributed by atoms with Gasteiger partial charge in [0.25, 0.3) is 0 Å². The number of nitrogens with zero attached hydrogens (tertiary/aromatic N) is 2. The van der Waals surface area contributed by atoms with E-state index in [4.69, 9.17) is 23.2 Å². The Bertz CT molecular complexity index is 997. The first kappa shape index (κ1) is 19.1. The number of hydrogen-bond acceptors (Lipinski definition) is 2. The number of amides is 1. The Morgan fingerprint density at radius 2 is 1.86 bits per heavy atom. The van der Waals surface area contributed by atoms with E-state index in [2.05, 4.69) is 27.0 Å². The lowest BCUT2D eigenvalue weighted by Crippen LogP contribution is -2.42. The largest absolute Gasteiger partial charge is 0.348 e. The van der Waals surface area contributed by atoms with E-state index >= 15 is 0 Å². The molecule has 2 heterocycles. The van der Waals surface area contributed by atoms with Gasteiger partial charge >= 0.3 is 0 Å². The fourth-order valence-electron chi connectivity index (χ4n) is 3.69. The van der Waals surface area contributed by atoms with Crippen LogP contribution in [-0.2, 0) is 11.3 Å². The van der Waals surface area contributed by atoms with E-state index < -0.39 is 0 Å². The van der Waals surface area contributed by atoms with Gasteiger partial charge in [0.1, 0.15) is 0 Å². The lowest BCUT2D eigenvalue weighted by Gasteiger charge is -2.37. The van der Waals surface area contributed by atoms with Gasteiger partial charge in [-0.3, -0.25) is 9.69 Å². The van der Waals surface area contributed by atoms with Crippen LogP contribution in [0.1, 0.15) is 22.9 Å². The molecule has 1 N–H and O–H groups in total. The van der Waals surface area contributed by atoms with E-state index in [1.807, 2.05) is 55.5 Å². The first-order valence-electron chi connectivity index (χ1n) is 9.22. The molecule has 1 aliphatic rings. The van der Waals surface area contributed by atoms with Gasteiger partial charge in [-0.1, -0.05) is 47.0 Å². The highest BCUT2D eigenvalue weighted by atomic mass is 35.5. The van der Waals surface area contributed by atoms with Crippen LogP contribution in [-0.4, -0.2) is 28.5 Å². The van der Waals surface area contributed by atoms with Crippen LogP contribution in [0.4, 0.5) is 5.69 Å². The third-order valence-corrected chi connectivity index (χ3v) is 5.82. The van der Waals surface area contributed by atoms with E-state index in [0.717, 1.165) is 35.6 Å². The number of rotatable bonds is 4. The second kappa shape index (κ2) is 8.00. The molecule has 0 bridgehead atoms. The van der Waals surface area contributed by atoms with Crippen molar-refractivity contribution in [3.8, 4) is 0 Å². The van der Waals surface area contributed by atoms with Crippen LogP contribution < -0.4 is 5.32 Å². The van der Waals surface area contributed by atoms with E-state index in [1.165, 1.54) is 0 Å². The molecule has 144 valence electrons. The number of fused-ring (bicyclic) bond motifs is 1. The summed E-state index contributed by atoms with van der Waals surface area (Å²) in [6, 6.07) is 17.6. The summed E-state index contributed by atoms with van der Waals surface area (Å²) in [4.78, 5) is 14.9. The van der Waals surface area contributed by atoms with Crippen molar-refractivity contribution >= 4 is 34.8 Å². The predicted molar refractivity (Wildman–Crippen MR) is 114 cm³/mol. The highest BCUT2D eigenvalue weighted by Crippen LogP contribution is 2.35. The van der Waals surface area contributed by atoms with E-state index in [0.29, 0.717) is 16.6 Å². The highest BCUT2D eigenvalue weighted by molar-refractivity contribution is 6.42. The molecule has 2 aromatic carbocycles. The first-order valence-corrected chi connectivity index (χ1v) is 9.97. The van der Waals surface area contributed by atoms with Crippen molar-refractivity contribution in [2.24, 2.45) is 0 Å². The maximum atomic E-state index is 12.7. The highest BCUT2D eigenvalue weighted by Gasteiger charge is 2.30. The zero-order valence-electron chi connectivity index (χ0n) is 15.5. The monoisotopic (exact) mass is 413 g/mol. The fraction of sp³-hybridized carbons (Fsp3) is 0.227. The van der Waals surface area contributed by atoms with Crippen molar-refractivity contribution in [1.29, 1.82) is 0 Å². The van der Waals surface area contributed by atoms with Gasteiger partial charge in [0.15, 0.2) is 0 Å². The van der Waals surface area contributed by atoms with Crippen molar-refractivity contribution in [2.75, 3.05) is 18.4 Å². The first-order chi connectivity index (χ1) is 13.5. The van der Waals surface area contributed by atoms with Gasteiger partial charge < -0.3 is 9.88 Å². The van der Waals surface area contributed by atoms with Gasteiger partial charge in [0.05, 0.1) is 22.6 Å². The lowest BCUT2D eigenvalue weighted by atomic mass is 10.00. The van der Waals surface area contributed by atoms with Crippen LogP contribution >= 0.6 is 23.2 Å². The van der Waals surface area contributed by atoms with Crippen LogP contribution in [0.2, 0.25) is 10.0 Å². The van der Waals surface area contributed by atoms with Crippen LogP contribution in [0.5, 0.6) is 0 Å². The number of aromatic nitrogens is 1. The smallest absolute Gasteiger partial charge is 0.238 e. The van der Waals surface area contributed by atoms with E-state index in [1.54, 1.807) is 0 Å². The Kier molecular flexibility index (Phi) is 5.44. The second-order valence-corrected chi connectivity index (χ2v) is 7.90. The SMILES string of the molecule is Cc1ccc(NC(=O)CN2CCn3cccc3[C@H]2c2ccc(Cl)c(Cl)c2)cc1. The van der Waals surface area contributed by atoms with Crippen LogP contribution in [0.3, 0.4) is 0 Å². The van der Waals surface area contributed by atoms with Crippen LogP contribution in [0.15, 0.2) is 60.8 Å². The number of benzene rings is 2. The predicted octanol–water partition coefficient (Wildman–Crippen LogP) is 5.15. The standard InChI is InChI=1S/C22H21Cl2N3O/c1-15-4-7-17(8-5-15)25-21(28)14-27-12-11-26-10-2-3-20(26)22(27)16-6-9-18(23)19(24)13-16/h2-10,13,22H,11-12,14H2,1H3,(H,25,28)/t22-/m1/s1. The molecule has 0 unspecified atom stereocenters. The zero-order valence-corrected chi connectivity index (χ0v) is 17.0. The van der Waals surface area contributed by atoms with Gasteiger partial charge in [-0.25, -0.2) is 0 Å². The molecule has 0 spiro atoms. The molecular formula is C22H21Cl2N3O. The summed E-state index contributed by atoms with van der Waals surface area (Å²) in [5.41, 5.74) is 4.14. The number of hydrogen-bond donors (Lipinski definition) is 1. The van der Waals surface area contributed by atoms with Crippen LogP contribution in [0.25, 0.3) is 0 Å². The van der Waals surface area contributed by atoms with Crippen molar-refractivity contribution in [3.05, 3.63) is 87.7 Å². The van der Waals surface area contributed by atoms with Gasteiger partial charge in [0.2, 0.25) is 5.91 Å². The van der Waals surface area contributed by atoms with E-state index in [9.17, 15) is 4.79 Å². The molecule has 1 aliphatic heterocycles. The Morgan fingerprint density at radius 1 is 1.07 bits per heavy atom. The Morgan fingerprint density at radius 3 is 2.61 bits per heavy atom. The molecule has 0 saturated heterocycles. The van der Waals surface area contributed by atoms with Crippen LogP contribution in [0, 0.1) is 6.92 Å². The zero-order chi connectivity index (χ0) is 19.7. The average Bonchev–Trinajstić information content (AvgIpc) is 3.14. The summed E-state index contributed by atoms with van der Waals surface area (Å²) in [6.07, 6.45) is 2.07. The number of anilines is 1. The number of carbonyl (C=O) groups is 1. The molecule has 0 saturated carbocycles. The minimum atomic E-state index is -0.0534. The maximum Gasteiger partial charge on any atom is 0.238 e. The normalized spacial score (nSPS) is 16.6. The molecule has 4 rings (SSSR count). The number of nitrogens with one attached hydrogen (secondary N) is 1. The molecule has 0 radical (unpaired) electrons. The quantitative estimate of drug-likeness (QED) is 0.642. The Balaban J connectivity index is 1.58. The molecular weight excluding hydrogens is 393 g/mol. The second-order valence-electron chi connectivity index (χ2n) is 7.09. The Hall–Kier alpha value is -2.27. The molecule has 4 nitrogen and oxygen atoms in total. The van der Waals surface area contributed by atoms with Crippen molar-refractivity contribution in [1.82, 2.24) is 9.47 Å². The summed E-state index contributed by atoms with van der Waals surface area (Å²) < 4.78 is 2.22. The topological polar surface area (TPSA) is 37.3 Å². The van der Waals surface area contributed by atoms with Gasteiger partial charge in [0, 0.05) is 30.7 Å². The number of aryl methyl sites for hydroxylation is 1. The third kappa shape index (κ3) is 3.95. The molecule has 1 amide bonds. The van der Waals surface area contributed by atoms with Crippen molar-refractivity contribution in [3.63, 3.8) is 0 Å². The van der Waals surface area contributed by atoms with Crippen molar-refractivity contribution < 1.29 is 4.79 Å². The minimum absolute atomic E-state index is 0.0334. The maximum absolute atomic E-state index is 12.7. The summed E-state index contributed by atoms with van der Waals surface area (Å²) in [5.74, 6) is -0.0334. The molecule has 0 fully saturated rings. The summed E-state index contributed by atoms with van der Waals surface area (Å²) in [7, 11) is 0. The average molecular weight is 414 g/mol. The Labute approximate surface area is 174 Å².